The first-order valence-corrected chi connectivity index (χ1v) is 11.4. The molecule has 0 bridgehead atoms. The topological polar surface area (TPSA) is 71.2 Å². The molecule has 3 aromatic rings. The van der Waals surface area contributed by atoms with Gasteiger partial charge in [-0.1, -0.05) is 36.4 Å². The van der Waals surface area contributed by atoms with Gasteiger partial charge in [-0.25, -0.2) is 0 Å². The van der Waals surface area contributed by atoms with Crippen LogP contribution in [0.15, 0.2) is 71.4 Å². The minimum atomic E-state index is -0.277. The third-order valence-electron chi connectivity index (χ3n) is 6.35. The highest BCUT2D eigenvalue weighted by molar-refractivity contribution is 7.09. The number of carbonyl (C=O) groups is 2. The number of ether oxygens (including phenoxy) is 1. The highest BCUT2D eigenvalue weighted by Gasteiger charge is 2.62. The number of aromatic amines is 1. The Labute approximate surface area is 185 Å². The summed E-state index contributed by atoms with van der Waals surface area (Å²) in [5.41, 5.74) is 2.49. The predicted molar refractivity (Wildman–Crippen MR) is 120 cm³/mol. The van der Waals surface area contributed by atoms with E-state index in [9.17, 15) is 9.59 Å². The minimum absolute atomic E-state index is 0.0718. The van der Waals surface area contributed by atoms with Crippen LogP contribution in [0.2, 0.25) is 0 Å². The number of ketones is 1. The Morgan fingerprint density at radius 2 is 2.06 bits per heavy atom. The van der Waals surface area contributed by atoms with Gasteiger partial charge in [0.2, 0.25) is 0 Å². The van der Waals surface area contributed by atoms with Gasteiger partial charge in [0.05, 0.1) is 6.61 Å². The van der Waals surface area contributed by atoms with Crippen molar-refractivity contribution in [1.29, 1.82) is 0 Å². The number of hydrogen-bond acceptors (Lipinski definition) is 4. The molecule has 2 N–H and O–H groups in total. The maximum absolute atomic E-state index is 13.5. The molecule has 1 aliphatic carbocycles. The van der Waals surface area contributed by atoms with Gasteiger partial charge in [-0.3, -0.25) is 9.59 Å². The van der Waals surface area contributed by atoms with Crippen LogP contribution in [0.25, 0.3) is 0 Å². The average molecular weight is 433 g/mol. The summed E-state index contributed by atoms with van der Waals surface area (Å²) in [6.07, 6.45) is 3.33. The van der Waals surface area contributed by atoms with Gasteiger partial charge in [0.25, 0.3) is 5.91 Å². The van der Waals surface area contributed by atoms with Crippen LogP contribution in [0, 0.1) is 5.92 Å². The summed E-state index contributed by atoms with van der Waals surface area (Å²) in [6, 6.07) is 15.9. The second kappa shape index (κ2) is 7.85. The van der Waals surface area contributed by atoms with Crippen molar-refractivity contribution in [1.82, 2.24) is 10.3 Å². The zero-order valence-electron chi connectivity index (χ0n) is 17.3. The number of fused-ring (bicyclic) bond motifs is 1. The fourth-order valence-electron chi connectivity index (χ4n) is 4.70. The van der Waals surface area contributed by atoms with Crippen LogP contribution in [0.4, 0.5) is 0 Å². The van der Waals surface area contributed by atoms with Crippen LogP contribution in [-0.2, 0) is 16.6 Å². The first-order valence-electron chi connectivity index (χ1n) is 10.5. The molecule has 2 unspecified atom stereocenters. The van der Waals surface area contributed by atoms with Crippen LogP contribution < -0.4 is 5.32 Å². The Bertz CT molecular complexity index is 1150. The van der Waals surface area contributed by atoms with Gasteiger partial charge in [-0.2, -0.15) is 0 Å². The van der Waals surface area contributed by atoms with Gasteiger partial charge in [0, 0.05) is 40.1 Å². The number of benzene rings is 1. The highest BCUT2D eigenvalue weighted by Crippen LogP contribution is 2.62. The molecule has 0 radical (unpaired) electrons. The molecule has 2 aromatic heterocycles. The van der Waals surface area contributed by atoms with Crippen LogP contribution in [0.1, 0.15) is 44.6 Å². The molecule has 6 heteroatoms. The molecule has 1 aromatic carbocycles. The molecule has 2 atom stereocenters. The lowest BCUT2D eigenvalue weighted by Crippen LogP contribution is -2.28. The lowest BCUT2D eigenvalue weighted by Gasteiger charge is -2.27. The number of carbonyl (C=O) groups excluding carboxylic acids is 2. The first kappa shape index (κ1) is 19.8. The largest absolute Gasteiger partial charge is 0.497 e. The summed E-state index contributed by atoms with van der Waals surface area (Å²) in [7, 11) is 0. The molecular formula is C25H24N2O3S. The molecule has 5 rings (SSSR count). The Balaban J connectivity index is 1.34. The Morgan fingerprint density at radius 1 is 1.23 bits per heavy atom. The first-order chi connectivity index (χ1) is 15.1. The summed E-state index contributed by atoms with van der Waals surface area (Å²) in [5, 5.41) is 4.94. The number of allylic oxidation sites excluding steroid dienone is 2. The van der Waals surface area contributed by atoms with Crippen LogP contribution in [0.5, 0.6) is 0 Å². The quantitative estimate of drug-likeness (QED) is 0.540. The van der Waals surface area contributed by atoms with Gasteiger partial charge < -0.3 is 15.0 Å². The summed E-state index contributed by atoms with van der Waals surface area (Å²) >= 11 is 1.68. The Hall–Kier alpha value is -3.12. The van der Waals surface area contributed by atoms with E-state index in [4.69, 9.17) is 4.74 Å². The van der Waals surface area contributed by atoms with Crippen molar-refractivity contribution in [2.24, 2.45) is 5.92 Å². The SMILES string of the molecule is CC1=C(C(=O)c2c[nH]c(C(=O)NCCc3cccs3)c2)C2(c3ccccc3)CC2CO1. The number of H-pyrrole nitrogens is 1. The fraction of sp³-hybridized carbons (Fsp3) is 0.280. The van der Waals surface area contributed by atoms with E-state index < -0.39 is 0 Å². The smallest absolute Gasteiger partial charge is 0.267 e. The van der Waals surface area contributed by atoms with Gasteiger partial charge in [0.15, 0.2) is 5.78 Å². The van der Waals surface area contributed by atoms with Crippen molar-refractivity contribution in [3.8, 4) is 0 Å². The monoisotopic (exact) mass is 432 g/mol. The second-order valence-corrected chi connectivity index (χ2v) is 9.23. The summed E-state index contributed by atoms with van der Waals surface area (Å²) < 4.78 is 5.85. The maximum Gasteiger partial charge on any atom is 0.267 e. The van der Waals surface area contributed by atoms with E-state index in [0.717, 1.165) is 24.0 Å². The van der Waals surface area contributed by atoms with Crippen molar-refractivity contribution >= 4 is 23.0 Å². The predicted octanol–water partition coefficient (Wildman–Crippen LogP) is 4.49. The second-order valence-electron chi connectivity index (χ2n) is 8.20. The molecule has 1 aliphatic heterocycles. The van der Waals surface area contributed by atoms with E-state index in [1.165, 1.54) is 4.88 Å². The van der Waals surface area contributed by atoms with E-state index in [1.807, 2.05) is 36.6 Å². The fourth-order valence-corrected chi connectivity index (χ4v) is 5.40. The average Bonchev–Trinajstić information content (AvgIpc) is 3.12. The molecule has 158 valence electrons. The Kier molecular flexibility index (Phi) is 5.02. The van der Waals surface area contributed by atoms with Gasteiger partial charge in [0.1, 0.15) is 11.5 Å². The standard InChI is InChI=1S/C25H24N2O3S/c1-16-22(25(13-19(25)15-30-16)18-6-3-2-4-7-18)23(28)17-12-21(27-14-17)24(29)26-10-9-20-8-5-11-31-20/h2-8,11-12,14,19,27H,9-10,13,15H2,1H3,(H,26,29). The lowest BCUT2D eigenvalue weighted by atomic mass is 9.80. The van der Waals surface area contributed by atoms with E-state index in [-0.39, 0.29) is 17.1 Å². The molecule has 3 heterocycles. The third-order valence-corrected chi connectivity index (χ3v) is 7.28. The van der Waals surface area contributed by atoms with E-state index in [1.54, 1.807) is 23.6 Å². The van der Waals surface area contributed by atoms with Crippen LogP contribution >= 0.6 is 11.3 Å². The van der Waals surface area contributed by atoms with Crippen LogP contribution in [0.3, 0.4) is 0 Å². The van der Waals surface area contributed by atoms with E-state index in [0.29, 0.717) is 36.1 Å². The number of rotatable bonds is 7. The Morgan fingerprint density at radius 3 is 2.84 bits per heavy atom. The molecule has 1 saturated carbocycles. The van der Waals surface area contributed by atoms with E-state index >= 15 is 0 Å². The number of hydrogen-bond donors (Lipinski definition) is 2. The van der Waals surface area contributed by atoms with E-state index in [2.05, 4.69) is 28.5 Å². The number of amides is 1. The normalized spacial score (nSPS) is 21.9. The van der Waals surface area contributed by atoms with Gasteiger partial charge in [-0.15, -0.1) is 11.3 Å². The van der Waals surface area contributed by atoms with Gasteiger partial charge in [-0.05, 0) is 42.8 Å². The molecular weight excluding hydrogens is 408 g/mol. The van der Waals surface area contributed by atoms with Crippen LogP contribution in [-0.4, -0.2) is 29.8 Å². The summed E-state index contributed by atoms with van der Waals surface area (Å²) in [6.45, 7) is 3.07. The number of nitrogens with one attached hydrogen (secondary N) is 2. The highest BCUT2D eigenvalue weighted by atomic mass is 32.1. The number of aromatic nitrogens is 1. The molecule has 0 saturated heterocycles. The molecule has 2 aliphatic rings. The zero-order chi connectivity index (χ0) is 21.4. The van der Waals surface area contributed by atoms with Crippen molar-refractivity contribution in [2.75, 3.05) is 13.2 Å². The molecule has 31 heavy (non-hydrogen) atoms. The third kappa shape index (κ3) is 3.51. The molecule has 0 spiro atoms. The summed E-state index contributed by atoms with van der Waals surface area (Å²) in [5.74, 6) is 0.725. The lowest BCUT2D eigenvalue weighted by molar-refractivity contribution is 0.0949. The molecule has 5 nitrogen and oxygen atoms in total. The van der Waals surface area contributed by atoms with Crippen molar-refractivity contribution in [2.45, 2.75) is 25.2 Å². The molecule has 1 amide bonds. The zero-order valence-corrected chi connectivity index (χ0v) is 18.1. The maximum atomic E-state index is 13.5. The molecule has 1 fully saturated rings. The van der Waals surface area contributed by atoms with Gasteiger partial charge >= 0.3 is 0 Å². The number of thiophene rings is 1. The summed E-state index contributed by atoms with van der Waals surface area (Å²) in [4.78, 5) is 30.3. The van der Waals surface area contributed by atoms with Crippen molar-refractivity contribution in [3.05, 3.63) is 93.1 Å². The van der Waals surface area contributed by atoms with Crippen molar-refractivity contribution in [3.63, 3.8) is 0 Å². The number of Topliss-reactive ketones (excluding diaryl/α,β-unsaturated/α-hetero) is 1. The minimum Gasteiger partial charge on any atom is -0.497 e. The van der Waals surface area contributed by atoms with Crippen molar-refractivity contribution < 1.29 is 14.3 Å².